The molecule has 0 aliphatic rings. The quantitative estimate of drug-likeness (QED) is 0.652. The van der Waals surface area contributed by atoms with Crippen LogP contribution in [0.4, 0.5) is 0 Å². The Morgan fingerprint density at radius 1 is 1.27 bits per heavy atom. The van der Waals surface area contributed by atoms with Crippen LogP contribution in [0, 0.1) is 0 Å². The number of para-hydroxylation sites is 2. The lowest BCUT2D eigenvalue weighted by Crippen LogP contribution is -1.85. The third-order valence-electron chi connectivity index (χ3n) is 1.22. The summed E-state index contributed by atoms with van der Waals surface area (Å²) < 4.78 is 19.8. The fourth-order valence-electron chi connectivity index (χ4n) is 0.748. The summed E-state index contributed by atoms with van der Waals surface area (Å²) in [5.41, 5.74) is 0. The predicted molar refractivity (Wildman–Crippen MR) is 42.6 cm³/mol. The van der Waals surface area contributed by atoms with Crippen LogP contribution in [0.25, 0.3) is 0 Å². The molecule has 11 heavy (non-hydrogen) atoms. The van der Waals surface area contributed by atoms with E-state index in [9.17, 15) is 4.57 Å². The molecular weight excluding hydrogens is 163 g/mol. The molecule has 0 aromatic heterocycles. The molecular formula is C7H8O3P+. The van der Waals surface area contributed by atoms with E-state index in [0.29, 0.717) is 11.5 Å². The molecule has 1 aromatic carbocycles. The van der Waals surface area contributed by atoms with Gasteiger partial charge in [0.15, 0.2) is 5.75 Å². The fraction of sp³-hybridized carbons (Fsp3) is 0.143. The van der Waals surface area contributed by atoms with Crippen molar-refractivity contribution in [1.82, 2.24) is 0 Å². The van der Waals surface area contributed by atoms with Crippen LogP contribution in [0.5, 0.6) is 11.5 Å². The molecule has 0 N–H and O–H groups in total. The fourth-order valence-corrected chi connectivity index (χ4v) is 1.01. The van der Waals surface area contributed by atoms with Crippen LogP contribution in [0.1, 0.15) is 0 Å². The minimum Gasteiger partial charge on any atom is -0.493 e. The lowest BCUT2D eigenvalue weighted by molar-refractivity contribution is 0.395. The summed E-state index contributed by atoms with van der Waals surface area (Å²) in [5.74, 6) is 1.10. The van der Waals surface area contributed by atoms with Gasteiger partial charge in [0, 0.05) is 0 Å². The van der Waals surface area contributed by atoms with Crippen LogP contribution in [0.3, 0.4) is 0 Å². The highest BCUT2D eigenvalue weighted by Gasteiger charge is 2.04. The van der Waals surface area contributed by atoms with Crippen LogP contribution < -0.4 is 9.26 Å². The number of rotatable bonds is 3. The predicted octanol–water partition coefficient (Wildman–Crippen LogP) is 2.01. The molecule has 0 spiro atoms. The zero-order valence-electron chi connectivity index (χ0n) is 6.03. The number of benzene rings is 1. The van der Waals surface area contributed by atoms with Crippen LogP contribution >= 0.6 is 8.69 Å². The molecule has 0 bridgehead atoms. The SMILES string of the molecule is COc1ccccc1O[PH+]=O. The van der Waals surface area contributed by atoms with E-state index >= 15 is 0 Å². The standard InChI is InChI=1S/C7H8O3P/c1-9-6-4-2-3-5-7(6)10-11-8/h2-5,11H,1H3/q+1. The Bertz CT molecular complexity index is 249. The Morgan fingerprint density at radius 3 is 2.45 bits per heavy atom. The molecule has 0 aliphatic carbocycles. The highest BCUT2D eigenvalue weighted by molar-refractivity contribution is 7.17. The van der Waals surface area contributed by atoms with E-state index < -0.39 is 8.69 Å². The van der Waals surface area contributed by atoms with E-state index in [0.717, 1.165) is 0 Å². The van der Waals surface area contributed by atoms with E-state index in [2.05, 4.69) is 0 Å². The summed E-state index contributed by atoms with van der Waals surface area (Å²) in [5, 5.41) is 0. The van der Waals surface area contributed by atoms with Crippen molar-refractivity contribution >= 4 is 8.69 Å². The molecule has 0 aliphatic heterocycles. The zero-order valence-corrected chi connectivity index (χ0v) is 7.03. The molecule has 0 amide bonds. The summed E-state index contributed by atoms with van der Waals surface area (Å²) >= 11 is 0. The lowest BCUT2D eigenvalue weighted by Gasteiger charge is -1.99. The number of hydrogen-bond donors (Lipinski definition) is 0. The van der Waals surface area contributed by atoms with Gasteiger partial charge in [-0.1, -0.05) is 12.1 Å². The van der Waals surface area contributed by atoms with Gasteiger partial charge in [-0.25, -0.2) is 0 Å². The van der Waals surface area contributed by atoms with Gasteiger partial charge in [0.25, 0.3) is 0 Å². The number of ether oxygens (including phenoxy) is 1. The average molecular weight is 171 g/mol. The highest BCUT2D eigenvalue weighted by atomic mass is 31.1. The first-order chi connectivity index (χ1) is 5.38. The summed E-state index contributed by atoms with van der Waals surface area (Å²) in [4.78, 5) is 0. The minimum atomic E-state index is -0.795. The third kappa shape index (κ3) is 1.92. The number of hydrogen-bond acceptors (Lipinski definition) is 3. The van der Waals surface area contributed by atoms with Gasteiger partial charge in [0.1, 0.15) is 0 Å². The highest BCUT2D eigenvalue weighted by Crippen LogP contribution is 2.27. The molecule has 1 aromatic rings. The smallest absolute Gasteiger partial charge is 0.493 e. The molecule has 1 atom stereocenters. The Morgan fingerprint density at radius 2 is 1.91 bits per heavy atom. The van der Waals surface area contributed by atoms with Crippen molar-refractivity contribution in [3.63, 3.8) is 0 Å². The summed E-state index contributed by atoms with van der Waals surface area (Å²) in [6, 6.07) is 7.05. The number of methoxy groups -OCH3 is 1. The Hall–Kier alpha value is -1.08. The molecule has 0 fully saturated rings. The van der Waals surface area contributed by atoms with Gasteiger partial charge in [-0.3, -0.25) is 4.52 Å². The molecule has 0 radical (unpaired) electrons. The van der Waals surface area contributed by atoms with Crippen LogP contribution in [0.15, 0.2) is 24.3 Å². The molecule has 0 saturated carbocycles. The molecule has 58 valence electrons. The summed E-state index contributed by atoms with van der Waals surface area (Å²) in [6.45, 7) is 0. The molecule has 0 saturated heterocycles. The van der Waals surface area contributed by atoms with E-state index in [1.807, 2.05) is 6.07 Å². The van der Waals surface area contributed by atoms with Crippen molar-refractivity contribution in [2.75, 3.05) is 7.11 Å². The second-order valence-electron chi connectivity index (χ2n) is 1.84. The van der Waals surface area contributed by atoms with Gasteiger partial charge in [0.05, 0.1) is 7.11 Å². The van der Waals surface area contributed by atoms with Crippen molar-refractivity contribution in [1.29, 1.82) is 0 Å². The Balaban J connectivity index is 2.92. The Labute approximate surface area is 66.2 Å². The summed E-state index contributed by atoms with van der Waals surface area (Å²) in [7, 11) is 0.742. The van der Waals surface area contributed by atoms with E-state index in [4.69, 9.17) is 9.26 Å². The van der Waals surface area contributed by atoms with Gasteiger partial charge in [-0.2, -0.15) is 0 Å². The van der Waals surface area contributed by atoms with Gasteiger partial charge in [-0.15, -0.1) is 0 Å². The van der Waals surface area contributed by atoms with Crippen LogP contribution in [-0.2, 0) is 4.57 Å². The van der Waals surface area contributed by atoms with E-state index in [1.54, 1.807) is 18.2 Å². The Kier molecular flexibility index (Phi) is 2.87. The maximum absolute atomic E-state index is 10.1. The third-order valence-corrected chi connectivity index (χ3v) is 1.52. The van der Waals surface area contributed by atoms with Crippen molar-refractivity contribution < 1.29 is 13.8 Å². The first-order valence-corrected chi connectivity index (χ1v) is 3.87. The van der Waals surface area contributed by atoms with E-state index in [-0.39, 0.29) is 0 Å². The topological polar surface area (TPSA) is 35.5 Å². The molecule has 1 unspecified atom stereocenters. The lowest BCUT2D eigenvalue weighted by atomic mass is 10.3. The average Bonchev–Trinajstić information content (AvgIpc) is 2.06. The minimum absolute atomic E-state index is 0.503. The van der Waals surface area contributed by atoms with E-state index in [1.165, 1.54) is 7.11 Å². The van der Waals surface area contributed by atoms with Crippen molar-refractivity contribution in [2.45, 2.75) is 0 Å². The van der Waals surface area contributed by atoms with Crippen LogP contribution in [-0.4, -0.2) is 7.11 Å². The normalized spacial score (nSPS) is 9.55. The molecule has 0 heterocycles. The van der Waals surface area contributed by atoms with Gasteiger partial charge >= 0.3 is 8.69 Å². The van der Waals surface area contributed by atoms with Crippen molar-refractivity contribution in [3.8, 4) is 11.5 Å². The first-order valence-electron chi connectivity index (χ1n) is 3.05. The molecule has 3 nitrogen and oxygen atoms in total. The monoisotopic (exact) mass is 171 g/mol. The first kappa shape index (κ1) is 8.02. The second-order valence-corrected chi connectivity index (χ2v) is 2.21. The van der Waals surface area contributed by atoms with Gasteiger partial charge in [0.2, 0.25) is 5.75 Å². The second kappa shape index (κ2) is 3.94. The maximum Gasteiger partial charge on any atom is 0.542 e. The van der Waals surface area contributed by atoms with Crippen molar-refractivity contribution in [2.24, 2.45) is 0 Å². The van der Waals surface area contributed by atoms with Crippen molar-refractivity contribution in [3.05, 3.63) is 24.3 Å². The maximum atomic E-state index is 10.1. The summed E-state index contributed by atoms with van der Waals surface area (Å²) in [6.07, 6.45) is 0. The molecule has 4 heteroatoms. The zero-order chi connectivity index (χ0) is 8.10. The largest absolute Gasteiger partial charge is 0.542 e. The van der Waals surface area contributed by atoms with Gasteiger partial charge in [-0.05, 0) is 16.7 Å². The van der Waals surface area contributed by atoms with Gasteiger partial charge < -0.3 is 4.74 Å². The van der Waals surface area contributed by atoms with Crippen LogP contribution in [0.2, 0.25) is 0 Å². The molecule has 1 rings (SSSR count).